The maximum absolute atomic E-state index is 8.48. The third-order valence-corrected chi connectivity index (χ3v) is 1.60. The largest absolute Gasteiger partial charge is 0.392 e. The maximum atomic E-state index is 8.48. The summed E-state index contributed by atoms with van der Waals surface area (Å²) in [5.74, 6) is 0. The lowest BCUT2D eigenvalue weighted by atomic mass is 10.2. The molecule has 0 aliphatic carbocycles. The van der Waals surface area contributed by atoms with Crippen LogP contribution in [0.3, 0.4) is 0 Å². The summed E-state index contributed by atoms with van der Waals surface area (Å²) in [6, 6.07) is 3.75. The number of nitrogens with zero attached hydrogens (tertiary/aromatic N) is 1. The summed E-state index contributed by atoms with van der Waals surface area (Å²) in [6.07, 6.45) is 5.23. The number of aliphatic hydroxyl groups is 1. The minimum absolute atomic E-state index is 0.0694. The Bertz CT molecular complexity index is 260. The van der Waals surface area contributed by atoms with Gasteiger partial charge in [0.2, 0.25) is 0 Å². The summed E-state index contributed by atoms with van der Waals surface area (Å²) in [5, 5.41) is 8.48. The third-order valence-electron chi connectivity index (χ3n) is 1.17. The van der Waals surface area contributed by atoms with E-state index in [1.807, 2.05) is 18.2 Å². The molecular formula is C8H8BrNO. The number of aliphatic hydroxyl groups excluding tert-OH is 1. The van der Waals surface area contributed by atoms with Crippen molar-refractivity contribution in [2.75, 3.05) is 6.61 Å². The molecule has 0 unspecified atom stereocenters. The molecule has 0 bridgehead atoms. The molecule has 0 aromatic carbocycles. The van der Waals surface area contributed by atoms with Gasteiger partial charge in [-0.15, -0.1) is 0 Å². The van der Waals surface area contributed by atoms with Crippen molar-refractivity contribution in [3.63, 3.8) is 0 Å². The molecular weight excluding hydrogens is 206 g/mol. The highest BCUT2D eigenvalue weighted by atomic mass is 79.9. The molecule has 1 rings (SSSR count). The van der Waals surface area contributed by atoms with Crippen LogP contribution in [0.4, 0.5) is 0 Å². The van der Waals surface area contributed by atoms with Gasteiger partial charge in [0.1, 0.15) is 4.60 Å². The van der Waals surface area contributed by atoms with E-state index >= 15 is 0 Å². The quantitative estimate of drug-likeness (QED) is 0.762. The first-order chi connectivity index (χ1) is 5.33. The molecule has 0 aliphatic rings. The molecule has 0 fully saturated rings. The minimum Gasteiger partial charge on any atom is -0.392 e. The van der Waals surface area contributed by atoms with E-state index in [1.54, 1.807) is 12.3 Å². The molecule has 1 heterocycles. The van der Waals surface area contributed by atoms with E-state index in [0.29, 0.717) is 0 Å². The second kappa shape index (κ2) is 4.26. The van der Waals surface area contributed by atoms with Crippen molar-refractivity contribution in [3.8, 4) is 0 Å². The molecule has 0 amide bonds. The monoisotopic (exact) mass is 213 g/mol. The van der Waals surface area contributed by atoms with Gasteiger partial charge in [-0.25, -0.2) is 4.98 Å². The first kappa shape index (κ1) is 8.43. The second-order valence-corrected chi connectivity index (χ2v) is 2.81. The maximum Gasteiger partial charge on any atom is 0.106 e. The molecule has 1 aromatic heterocycles. The van der Waals surface area contributed by atoms with Crippen LogP contribution >= 0.6 is 15.9 Å². The molecule has 0 saturated heterocycles. The lowest BCUT2D eigenvalue weighted by Crippen LogP contribution is -1.77. The third kappa shape index (κ3) is 2.82. The van der Waals surface area contributed by atoms with E-state index < -0.39 is 0 Å². The molecule has 0 radical (unpaired) electrons. The fourth-order valence-corrected chi connectivity index (χ4v) is 1.09. The van der Waals surface area contributed by atoms with Gasteiger partial charge in [-0.1, -0.05) is 12.2 Å². The van der Waals surface area contributed by atoms with E-state index in [9.17, 15) is 0 Å². The topological polar surface area (TPSA) is 33.1 Å². The number of hydrogen-bond acceptors (Lipinski definition) is 2. The summed E-state index contributed by atoms with van der Waals surface area (Å²) < 4.78 is 0.803. The van der Waals surface area contributed by atoms with E-state index in [0.717, 1.165) is 10.2 Å². The number of hydrogen-bond donors (Lipinski definition) is 1. The average Bonchev–Trinajstić information content (AvgIpc) is 2.01. The van der Waals surface area contributed by atoms with Crippen molar-refractivity contribution >= 4 is 22.0 Å². The van der Waals surface area contributed by atoms with Crippen molar-refractivity contribution in [1.29, 1.82) is 0 Å². The van der Waals surface area contributed by atoms with Crippen molar-refractivity contribution in [2.24, 2.45) is 0 Å². The number of rotatable bonds is 2. The van der Waals surface area contributed by atoms with Crippen LogP contribution in [0.1, 0.15) is 5.56 Å². The van der Waals surface area contributed by atoms with Gasteiger partial charge in [0, 0.05) is 6.20 Å². The highest BCUT2D eigenvalue weighted by molar-refractivity contribution is 9.10. The van der Waals surface area contributed by atoms with Gasteiger partial charge in [0.25, 0.3) is 0 Å². The summed E-state index contributed by atoms with van der Waals surface area (Å²) in [5.41, 5.74) is 1.03. The molecule has 0 saturated carbocycles. The summed E-state index contributed by atoms with van der Waals surface area (Å²) in [7, 11) is 0. The second-order valence-electron chi connectivity index (χ2n) is 2.00. The van der Waals surface area contributed by atoms with Gasteiger partial charge in [-0.05, 0) is 33.6 Å². The fraction of sp³-hybridized carbons (Fsp3) is 0.125. The van der Waals surface area contributed by atoms with Crippen molar-refractivity contribution in [1.82, 2.24) is 4.98 Å². The molecule has 0 aliphatic heterocycles. The Hall–Kier alpha value is -0.670. The van der Waals surface area contributed by atoms with Gasteiger partial charge >= 0.3 is 0 Å². The number of halogens is 1. The first-order valence-electron chi connectivity index (χ1n) is 3.22. The zero-order valence-electron chi connectivity index (χ0n) is 5.87. The number of pyridine rings is 1. The van der Waals surface area contributed by atoms with Crippen molar-refractivity contribution in [3.05, 3.63) is 34.6 Å². The van der Waals surface area contributed by atoms with E-state index in [-0.39, 0.29) is 6.61 Å². The Balaban J connectivity index is 2.79. The molecule has 2 nitrogen and oxygen atoms in total. The minimum atomic E-state index is 0.0694. The van der Waals surface area contributed by atoms with Gasteiger partial charge < -0.3 is 5.11 Å². The van der Waals surface area contributed by atoms with Gasteiger partial charge in [-0.2, -0.15) is 0 Å². The lowest BCUT2D eigenvalue weighted by molar-refractivity contribution is 0.343. The lowest BCUT2D eigenvalue weighted by Gasteiger charge is -1.91. The molecule has 58 valence electrons. The number of aromatic nitrogens is 1. The summed E-state index contributed by atoms with van der Waals surface area (Å²) >= 11 is 3.25. The van der Waals surface area contributed by atoms with Crippen LogP contribution in [0.15, 0.2) is 29.0 Å². The molecule has 3 heteroatoms. The van der Waals surface area contributed by atoms with Gasteiger partial charge in [0.05, 0.1) is 6.61 Å². The zero-order chi connectivity index (χ0) is 8.10. The standard InChI is InChI=1S/C8H8BrNO/c9-8-6-7(2-1-5-11)3-4-10-8/h1-4,6,11H,5H2. The van der Waals surface area contributed by atoms with Gasteiger partial charge in [0.15, 0.2) is 0 Å². The Morgan fingerprint density at radius 1 is 1.64 bits per heavy atom. The Labute approximate surface area is 73.7 Å². The van der Waals surface area contributed by atoms with Crippen molar-refractivity contribution in [2.45, 2.75) is 0 Å². The molecule has 0 spiro atoms. The smallest absolute Gasteiger partial charge is 0.106 e. The van der Waals surface area contributed by atoms with Crippen LogP contribution in [0.5, 0.6) is 0 Å². The van der Waals surface area contributed by atoms with Crippen LogP contribution in [0.25, 0.3) is 6.08 Å². The molecule has 1 aromatic rings. The zero-order valence-corrected chi connectivity index (χ0v) is 7.45. The van der Waals surface area contributed by atoms with Crippen molar-refractivity contribution < 1.29 is 5.11 Å². The predicted octanol–water partition coefficient (Wildman–Crippen LogP) is 1.85. The van der Waals surface area contributed by atoms with Crippen LogP contribution in [0.2, 0.25) is 0 Å². The summed E-state index contributed by atoms with van der Waals surface area (Å²) in [4.78, 5) is 3.97. The van der Waals surface area contributed by atoms with E-state index in [1.165, 1.54) is 0 Å². The van der Waals surface area contributed by atoms with Crippen LogP contribution in [-0.2, 0) is 0 Å². The summed E-state index contributed by atoms with van der Waals surface area (Å²) in [6.45, 7) is 0.0694. The fourth-order valence-electron chi connectivity index (χ4n) is 0.710. The molecule has 11 heavy (non-hydrogen) atoms. The molecule has 1 N–H and O–H groups in total. The van der Waals surface area contributed by atoms with Crippen LogP contribution in [-0.4, -0.2) is 16.7 Å². The highest BCUT2D eigenvalue weighted by Crippen LogP contribution is 2.08. The van der Waals surface area contributed by atoms with Gasteiger partial charge in [-0.3, -0.25) is 0 Å². The Kier molecular flexibility index (Phi) is 3.26. The highest BCUT2D eigenvalue weighted by Gasteiger charge is 1.87. The SMILES string of the molecule is OCC=Cc1ccnc(Br)c1. The van der Waals surface area contributed by atoms with E-state index in [2.05, 4.69) is 20.9 Å². The van der Waals surface area contributed by atoms with E-state index in [4.69, 9.17) is 5.11 Å². The predicted molar refractivity (Wildman–Crippen MR) is 48.1 cm³/mol. The average molecular weight is 214 g/mol. The Morgan fingerprint density at radius 2 is 2.45 bits per heavy atom. The normalized spacial score (nSPS) is 10.7. The van der Waals surface area contributed by atoms with Crippen LogP contribution in [0, 0.1) is 0 Å². The Morgan fingerprint density at radius 3 is 3.09 bits per heavy atom. The van der Waals surface area contributed by atoms with Crippen LogP contribution < -0.4 is 0 Å². The first-order valence-corrected chi connectivity index (χ1v) is 4.01. The molecule has 0 atom stereocenters.